The minimum Gasteiger partial charge on any atom is -0.350 e. The van der Waals surface area contributed by atoms with Crippen LogP contribution >= 0.6 is 21.6 Å². The summed E-state index contributed by atoms with van der Waals surface area (Å²) in [5, 5.41) is 3.58. The summed E-state index contributed by atoms with van der Waals surface area (Å²) in [5.41, 5.74) is 0.576. The molecule has 2 unspecified atom stereocenters. The van der Waals surface area contributed by atoms with E-state index >= 15 is 0 Å². The van der Waals surface area contributed by atoms with Gasteiger partial charge in [0, 0.05) is 17.4 Å². The van der Waals surface area contributed by atoms with Gasteiger partial charge in [-0.2, -0.15) is 0 Å². The van der Waals surface area contributed by atoms with Gasteiger partial charge in [0.25, 0.3) is 0 Å². The molecule has 1 fully saturated rings. The highest BCUT2D eigenvalue weighted by Crippen LogP contribution is 2.39. The van der Waals surface area contributed by atoms with Crippen LogP contribution in [0.15, 0.2) is 18.2 Å². The average molecular weight is 345 g/mol. The topological polar surface area (TPSA) is 29.1 Å². The summed E-state index contributed by atoms with van der Waals surface area (Å²) in [5.74, 6) is -0.553. The highest BCUT2D eigenvalue weighted by molar-refractivity contribution is 8.77. The van der Waals surface area contributed by atoms with E-state index in [1.54, 1.807) is 6.92 Å². The van der Waals surface area contributed by atoms with E-state index in [0.29, 0.717) is 12.0 Å². The predicted octanol–water partition coefficient (Wildman–Crippen LogP) is 4.86. The van der Waals surface area contributed by atoms with E-state index in [2.05, 4.69) is 5.32 Å². The number of amides is 1. The maximum Gasteiger partial charge on any atom is 0.220 e. The first-order valence-electron chi connectivity index (χ1n) is 7.59. The van der Waals surface area contributed by atoms with E-state index in [1.165, 1.54) is 24.7 Å². The molecule has 2 rings (SSSR count). The van der Waals surface area contributed by atoms with E-state index in [0.717, 1.165) is 30.2 Å². The number of nitrogens with one attached hydrogen (secondary N) is 1. The second kappa shape index (κ2) is 8.77. The van der Waals surface area contributed by atoms with Gasteiger partial charge >= 0.3 is 0 Å². The van der Waals surface area contributed by atoms with Crippen LogP contribution in [-0.4, -0.2) is 16.9 Å². The van der Waals surface area contributed by atoms with Crippen LogP contribution in [0, 0.1) is 11.6 Å². The van der Waals surface area contributed by atoms with Crippen molar-refractivity contribution in [3.05, 3.63) is 35.4 Å². The lowest BCUT2D eigenvalue weighted by Crippen LogP contribution is -2.26. The first kappa shape index (κ1) is 17.6. The zero-order chi connectivity index (χ0) is 15.9. The van der Waals surface area contributed by atoms with Crippen molar-refractivity contribution >= 4 is 27.5 Å². The van der Waals surface area contributed by atoms with Gasteiger partial charge in [-0.1, -0.05) is 34.1 Å². The number of unbranched alkanes of at least 4 members (excludes halogenated alkanes) is 1. The van der Waals surface area contributed by atoms with Crippen LogP contribution in [-0.2, 0) is 4.79 Å². The molecule has 1 aromatic rings. The van der Waals surface area contributed by atoms with Gasteiger partial charge in [-0.3, -0.25) is 4.79 Å². The van der Waals surface area contributed by atoms with E-state index < -0.39 is 11.6 Å². The molecule has 2 atom stereocenters. The molecule has 0 spiro atoms. The van der Waals surface area contributed by atoms with Gasteiger partial charge in [-0.15, -0.1) is 0 Å². The molecular formula is C16H21F2NOS2. The fraction of sp³-hybridized carbons (Fsp3) is 0.562. The third-order valence-electron chi connectivity index (χ3n) is 3.73. The number of hydrogen-bond acceptors (Lipinski definition) is 3. The van der Waals surface area contributed by atoms with Gasteiger partial charge in [-0.05, 0) is 43.9 Å². The van der Waals surface area contributed by atoms with Gasteiger partial charge in [0.05, 0.1) is 6.04 Å². The number of halogens is 2. The lowest BCUT2D eigenvalue weighted by Gasteiger charge is -2.15. The SMILES string of the molecule is CC(NC(=O)CCCCC1CCSS1)c1ccc(F)c(F)c1. The van der Waals surface area contributed by atoms with Crippen LogP contribution in [0.1, 0.15) is 50.6 Å². The van der Waals surface area contributed by atoms with Crippen molar-refractivity contribution in [1.82, 2.24) is 5.32 Å². The Morgan fingerprint density at radius 2 is 2.18 bits per heavy atom. The zero-order valence-corrected chi connectivity index (χ0v) is 14.2. The van der Waals surface area contributed by atoms with Crippen molar-refractivity contribution in [2.24, 2.45) is 0 Å². The van der Waals surface area contributed by atoms with Crippen LogP contribution in [0.5, 0.6) is 0 Å². The Hall–Kier alpha value is -0.750. The molecule has 1 aromatic carbocycles. The lowest BCUT2D eigenvalue weighted by atomic mass is 10.1. The lowest BCUT2D eigenvalue weighted by molar-refractivity contribution is -0.121. The molecule has 1 aliphatic rings. The molecule has 122 valence electrons. The summed E-state index contributed by atoms with van der Waals surface area (Å²) < 4.78 is 26.1. The van der Waals surface area contributed by atoms with Gasteiger partial charge in [0.2, 0.25) is 5.91 Å². The molecule has 0 aromatic heterocycles. The molecular weight excluding hydrogens is 324 g/mol. The Balaban J connectivity index is 1.68. The highest BCUT2D eigenvalue weighted by Gasteiger charge is 2.16. The molecule has 1 saturated heterocycles. The molecule has 1 heterocycles. The number of benzene rings is 1. The summed E-state index contributed by atoms with van der Waals surface area (Å²) in [6, 6.07) is 3.41. The second-order valence-electron chi connectivity index (χ2n) is 5.54. The Morgan fingerprint density at radius 1 is 1.36 bits per heavy atom. The monoisotopic (exact) mass is 345 g/mol. The second-order valence-corrected chi connectivity index (χ2v) is 8.32. The first-order valence-corrected chi connectivity index (χ1v) is 9.97. The third-order valence-corrected chi connectivity index (χ3v) is 6.74. The molecule has 22 heavy (non-hydrogen) atoms. The molecule has 6 heteroatoms. The number of rotatable bonds is 7. The minimum absolute atomic E-state index is 0.0364. The summed E-state index contributed by atoms with van der Waals surface area (Å²) >= 11 is 0. The Bertz CT molecular complexity index is 507. The quantitative estimate of drug-likeness (QED) is 0.565. The van der Waals surface area contributed by atoms with Crippen LogP contribution in [0.4, 0.5) is 8.78 Å². The number of carbonyl (C=O) groups excluding carboxylic acids is 1. The molecule has 1 amide bonds. The predicted molar refractivity (Wildman–Crippen MR) is 89.8 cm³/mol. The fourth-order valence-corrected chi connectivity index (χ4v) is 5.43. The minimum atomic E-state index is -0.884. The summed E-state index contributed by atoms with van der Waals surface area (Å²) in [4.78, 5) is 11.9. The smallest absolute Gasteiger partial charge is 0.220 e. The van der Waals surface area contributed by atoms with Crippen molar-refractivity contribution in [3.63, 3.8) is 0 Å². The average Bonchev–Trinajstić information content (AvgIpc) is 2.99. The van der Waals surface area contributed by atoms with Crippen molar-refractivity contribution in [2.75, 3.05) is 5.75 Å². The van der Waals surface area contributed by atoms with Crippen molar-refractivity contribution in [3.8, 4) is 0 Å². The zero-order valence-electron chi connectivity index (χ0n) is 12.6. The maximum atomic E-state index is 13.2. The molecule has 0 saturated carbocycles. The number of hydrogen-bond donors (Lipinski definition) is 1. The number of carbonyl (C=O) groups is 1. The normalized spacial score (nSPS) is 19.1. The molecule has 0 radical (unpaired) electrons. The standard InChI is InChI=1S/C16H21F2NOS2/c1-11(12-6-7-14(17)15(18)10-12)19-16(20)5-3-2-4-13-8-9-21-22-13/h6-7,10-11,13H,2-5,8-9H2,1H3,(H,19,20). The summed E-state index contributed by atoms with van der Waals surface area (Å²) in [6.45, 7) is 1.77. The first-order chi connectivity index (χ1) is 10.6. The van der Waals surface area contributed by atoms with Crippen molar-refractivity contribution in [2.45, 2.75) is 50.3 Å². The van der Waals surface area contributed by atoms with Gasteiger partial charge in [0.15, 0.2) is 11.6 Å². The van der Waals surface area contributed by atoms with Gasteiger partial charge in [0.1, 0.15) is 0 Å². The molecule has 0 bridgehead atoms. The Labute approximate surface area is 138 Å². The van der Waals surface area contributed by atoms with Crippen LogP contribution < -0.4 is 5.32 Å². The van der Waals surface area contributed by atoms with E-state index in [-0.39, 0.29) is 11.9 Å². The van der Waals surface area contributed by atoms with Crippen LogP contribution in [0.2, 0.25) is 0 Å². The molecule has 0 aliphatic carbocycles. The van der Waals surface area contributed by atoms with E-state index in [9.17, 15) is 13.6 Å². The van der Waals surface area contributed by atoms with Crippen LogP contribution in [0.3, 0.4) is 0 Å². The highest BCUT2D eigenvalue weighted by atomic mass is 33.1. The van der Waals surface area contributed by atoms with Crippen molar-refractivity contribution < 1.29 is 13.6 Å². The van der Waals surface area contributed by atoms with Crippen molar-refractivity contribution in [1.29, 1.82) is 0 Å². The third kappa shape index (κ3) is 5.47. The fourth-order valence-electron chi connectivity index (χ4n) is 2.40. The maximum absolute atomic E-state index is 13.2. The molecule has 1 aliphatic heterocycles. The van der Waals surface area contributed by atoms with E-state index in [4.69, 9.17) is 0 Å². The van der Waals surface area contributed by atoms with Gasteiger partial charge in [-0.25, -0.2) is 8.78 Å². The summed E-state index contributed by atoms with van der Waals surface area (Å²) in [7, 11) is 3.90. The van der Waals surface area contributed by atoms with Crippen LogP contribution in [0.25, 0.3) is 0 Å². The Morgan fingerprint density at radius 3 is 2.86 bits per heavy atom. The molecule has 2 nitrogen and oxygen atoms in total. The molecule has 1 N–H and O–H groups in total. The summed E-state index contributed by atoms with van der Waals surface area (Å²) in [6.07, 6.45) is 4.86. The Kier molecular flexibility index (Phi) is 7.02. The largest absolute Gasteiger partial charge is 0.350 e. The van der Waals surface area contributed by atoms with Gasteiger partial charge < -0.3 is 5.32 Å². The van der Waals surface area contributed by atoms with E-state index in [1.807, 2.05) is 21.6 Å².